The topological polar surface area (TPSA) is 86.3 Å². The van der Waals surface area contributed by atoms with E-state index >= 15 is 0 Å². The van der Waals surface area contributed by atoms with E-state index in [1.54, 1.807) is 6.07 Å². The van der Waals surface area contributed by atoms with Crippen molar-refractivity contribution < 1.29 is 14.7 Å². The van der Waals surface area contributed by atoms with Gasteiger partial charge >= 0.3 is 5.97 Å². The number of halogens is 1. The van der Waals surface area contributed by atoms with Gasteiger partial charge in [-0.2, -0.15) is 5.10 Å². The molecule has 0 spiro atoms. The van der Waals surface area contributed by atoms with E-state index in [4.69, 9.17) is 5.11 Å². The first-order valence-electron chi connectivity index (χ1n) is 7.19. The highest BCUT2D eigenvalue weighted by atomic mass is 79.9. The number of nitrogens with one attached hydrogen (secondary N) is 1. The monoisotopic (exact) mass is 379 g/mol. The zero-order valence-electron chi connectivity index (χ0n) is 12.9. The van der Waals surface area contributed by atoms with Gasteiger partial charge < -0.3 is 10.0 Å². The third-order valence-corrected chi connectivity index (χ3v) is 3.68. The largest absolute Gasteiger partial charge is 0.480 e. The van der Waals surface area contributed by atoms with E-state index in [9.17, 15) is 9.59 Å². The van der Waals surface area contributed by atoms with E-state index in [1.807, 2.05) is 38.1 Å². The molecule has 7 heteroatoms. The van der Waals surface area contributed by atoms with E-state index in [-0.39, 0.29) is 24.1 Å². The summed E-state index contributed by atoms with van der Waals surface area (Å²) in [5.41, 5.74) is 1.79. The lowest BCUT2D eigenvalue weighted by Gasteiger charge is -2.21. The lowest BCUT2D eigenvalue weighted by atomic mass is 10.1. The number of aromatic nitrogens is 2. The molecule has 0 aliphatic carbocycles. The molecule has 2 rings (SSSR count). The Labute approximate surface area is 142 Å². The predicted octanol–water partition coefficient (Wildman–Crippen LogP) is 3.02. The lowest BCUT2D eigenvalue weighted by Crippen LogP contribution is -2.38. The number of carbonyl (C=O) groups is 2. The Morgan fingerprint density at radius 3 is 2.52 bits per heavy atom. The summed E-state index contributed by atoms with van der Waals surface area (Å²) in [6.07, 6.45) is 0. The van der Waals surface area contributed by atoms with Crippen LogP contribution < -0.4 is 0 Å². The molecule has 122 valence electrons. The number of aromatic amines is 1. The number of H-pyrrole nitrogens is 1. The van der Waals surface area contributed by atoms with Gasteiger partial charge in [-0.1, -0.05) is 41.9 Å². The molecule has 0 aliphatic rings. The maximum atomic E-state index is 12.5. The van der Waals surface area contributed by atoms with Gasteiger partial charge in [0.25, 0.3) is 5.91 Å². The Morgan fingerprint density at radius 1 is 1.30 bits per heavy atom. The van der Waals surface area contributed by atoms with Crippen molar-refractivity contribution in [1.29, 1.82) is 0 Å². The van der Waals surface area contributed by atoms with Crippen LogP contribution in [0.5, 0.6) is 0 Å². The van der Waals surface area contributed by atoms with Gasteiger partial charge in [0.05, 0.1) is 5.69 Å². The van der Waals surface area contributed by atoms with Crippen LogP contribution in [0.3, 0.4) is 0 Å². The molecule has 0 saturated heterocycles. The normalized spacial score (nSPS) is 10.8. The maximum absolute atomic E-state index is 12.5. The minimum atomic E-state index is -1.04. The first kappa shape index (κ1) is 17.2. The van der Waals surface area contributed by atoms with E-state index in [2.05, 4.69) is 26.1 Å². The second kappa shape index (κ2) is 7.41. The van der Waals surface area contributed by atoms with Crippen molar-refractivity contribution in [2.75, 3.05) is 13.1 Å². The number of benzene rings is 1. The molecule has 0 unspecified atom stereocenters. The summed E-state index contributed by atoms with van der Waals surface area (Å²) in [4.78, 5) is 24.8. The van der Waals surface area contributed by atoms with Crippen LogP contribution in [0.2, 0.25) is 0 Å². The Bertz CT molecular complexity index is 695. The quantitative estimate of drug-likeness (QED) is 0.807. The highest BCUT2D eigenvalue weighted by Crippen LogP contribution is 2.21. The van der Waals surface area contributed by atoms with E-state index in [0.717, 1.165) is 10.0 Å². The van der Waals surface area contributed by atoms with Crippen molar-refractivity contribution in [1.82, 2.24) is 15.1 Å². The highest BCUT2D eigenvalue weighted by molar-refractivity contribution is 9.10. The van der Waals surface area contributed by atoms with Crippen molar-refractivity contribution in [3.05, 3.63) is 40.5 Å². The summed E-state index contributed by atoms with van der Waals surface area (Å²) in [6.45, 7) is 3.91. The van der Waals surface area contributed by atoms with E-state index in [1.165, 1.54) is 4.90 Å². The minimum absolute atomic E-state index is 0.173. The molecule has 6 nitrogen and oxygen atoms in total. The Kier molecular flexibility index (Phi) is 5.54. The summed E-state index contributed by atoms with van der Waals surface area (Å²) in [5.74, 6) is -1.23. The molecule has 2 aromatic rings. The second-order valence-electron chi connectivity index (χ2n) is 5.65. The van der Waals surface area contributed by atoms with Crippen molar-refractivity contribution >= 4 is 27.8 Å². The third-order valence-electron chi connectivity index (χ3n) is 3.15. The molecule has 0 atom stereocenters. The molecule has 1 amide bonds. The molecule has 0 bridgehead atoms. The number of aliphatic carboxylic acids is 1. The molecule has 2 N–H and O–H groups in total. The van der Waals surface area contributed by atoms with Crippen molar-refractivity contribution in [3.63, 3.8) is 0 Å². The number of rotatable bonds is 6. The van der Waals surface area contributed by atoms with Crippen LogP contribution in [0.25, 0.3) is 11.3 Å². The summed E-state index contributed by atoms with van der Waals surface area (Å²) in [7, 11) is 0. The number of hydrogen-bond donors (Lipinski definition) is 2. The highest BCUT2D eigenvalue weighted by Gasteiger charge is 2.21. The Balaban J connectivity index is 2.21. The van der Waals surface area contributed by atoms with Crippen molar-refractivity contribution in [2.45, 2.75) is 13.8 Å². The van der Waals surface area contributed by atoms with E-state index in [0.29, 0.717) is 12.2 Å². The van der Waals surface area contributed by atoms with Gasteiger partial charge in [0.1, 0.15) is 12.2 Å². The molecule has 1 aromatic carbocycles. The van der Waals surface area contributed by atoms with Gasteiger partial charge in [-0.15, -0.1) is 0 Å². The zero-order chi connectivity index (χ0) is 17.0. The van der Waals surface area contributed by atoms with Crippen molar-refractivity contribution in [2.24, 2.45) is 5.92 Å². The zero-order valence-corrected chi connectivity index (χ0v) is 14.5. The maximum Gasteiger partial charge on any atom is 0.323 e. The first-order chi connectivity index (χ1) is 10.9. The molecular weight excluding hydrogens is 362 g/mol. The number of carboxylic acids is 1. The standard InChI is InChI=1S/C16H18BrN3O3/c1-10(2)8-20(9-15(21)22)16(23)14-7-13(18-19-14)11-3-5-12(17)6-4-11/h3-7,10H,8-9H2,1-2H3,(H,18,19)(H,21,22). The molecule has 1 heterocycles. The summed E-state index contributed by atoms with van der Waals surface area (Å²) in [5, 5.41) is 15.8. The van der Waals surface area contributed by atoms with Gasteiger partial charge in [0.2, 0.25) is 0 Å². The molecular formula is C16H18BrN3O3. The second-order valence-corrected chi connectivity index (χ2v) is 6.56. The fraction of sp³-hybridized carbons (Fsp3) is 0.312. The van der Waals surface area contributed by atoms with Crippen LogP contribution in [0, 0.1) is 5.92 Å². The number of carboxylic acid groups (broad SMARTS) is 1. The van der Waals surface area contributed by atoms with Gasteiger partial charge in [-0.05, 0) is 24.1 Å². The lowest BCUT2D eigenvalue weighted by molar-refractivity contribution is -0.137. The summed E-state index contributed by atoms with van der Waals surface area (Å²) >= 11 is 3.37. The molecule has 0 fully saturated rings. The Morgan fingerprint density at radius 2 is 1.96 bits per heavy atom. The summed E-state index contributed by atoms with van der Waals surface area (Å²) < 4.78 is 0.956. The number of carbonyl (C=O) groups excluding carboxylic acids is 1. The first-order valence-corrected chi connectivity index (χ1v) is 7.98. The van der Waals surface area contributed by atoms with Crippen LogP contribution >= 0.6 is 15.9 Å². The molecule has 23 heavy (non-hydrogen) atoms. The smallest absolute Gasteiger partial charge is 0.323 e. The van der Waals surface area contributed by atoms with Crippen LogP contribution in [-0.2, 0) is 4.79 Å². The molecule has 1 aromatic heterocycles. The molecule has 0 aliphatic heterocycles. The van der Waals surface area contributed by atoms with Crippen LogP contribution in [0.15, 0.2) is 34.8 Å². The van der Waals surface area contributed by atoms with Crippen LogP contribution in [-0.4, -0.2) is 45.2 Å². The van der Waals surface area contributed by atoms with Crippen LogP contribution in [0.4, 0.5) is 0 Å². The van der Waals surface area contributed by atoms with Gasteiger partial charge in [0, 0.05) is 16.6 Å². The third kappa shape index (κ3) is 4.66. The fourth-order valence-electron chi connectivity index (χ4n) is 2.19. The SMILES string of the molecule is CC(C)CN(CC(=O)O)C(=O)c1cc(-c2ccc(Br)cc2)n[nH]1. The van der Waals surface area contributed by atoms with Gasteiger partial charge in [0.15, 0.2) is 0 Å². The van der Waals surface area contributed by atoms with E-state index < -0.39 is 5.97 Å². The molecule has 0 saturated carbocycles. The Hall–Kier alpha value is -2.15. The van der Waals surface area contributed by atoms with Gasteiger partial charge in [-0.3, -0.25) is 14.7 Å². The average Bonchev–Trinajstić information content (AvgIpc) is 2.95. The summed E-state index contributed by atoms with van der Waals surface area (Å²) in [6, 6.07) is 9.19. The van der Waals surface area contributed by atoms with Gasteiger partial charge in [-0.25, -0.2) is 0 Å². The van der Waals surface area contributed by atoms with Crippen molar-refractivity contribution in [3.8, 4) is 11.3 Å². The number of amides is 1. The number of hydrogen-bond acceptors (Lipinski definition) is 3. The fourth-order valence-corrected chi connectivity index (χ4v) is 2.46. The number of nitrogens with zero attached hydrogens (tertiary/aromatic N) is 2. The minimum Gasteiger partial charge on any atom is -0.480 e. The molecule has 0 radical (unpaired) electrons. The average molecular weight is 380 g/mol. The predicted molar refractivity (Wildman–Crippen MR) is 90.1 cm³/mol. The van der Waals surface area contributed by atoms with Crippen LogP contribution in [0.1, 0.15) is 24.3 Å².